The Kier molecular flexibility index (Phi) is 3.97. The number of carbonyl (C=O) groups is 1. The summed E-state index contributed by atoms with van der Waals surface area (Å²) in [7, 11) is 1.53. The quantitative estimate of drug-likeness (QED) is 0.946. The van der Waals surface area contributed by atoms with E-state index in [1.165, 1.54) is 24.1 Å². The molecule has 0 atom stereocenters. The minimum Gasteiger partial charge on any atom is -0.335 e. The zero-order valence-electron chi connectivity index (χ0n) is 11.4. The Hall–Kier alpha value is -2.38. The Balaban J connectivity index is 2.06. The van der Waals surface area contributed by atoms with E-state index < -0.39 is 17.6 Å². The molecule has 1 aromatic carbocycles. The van der Waals surface area contributed by atoms with Crippen molar-refractivity contribution >= 4 is 5.91 Å². The summed E-state index contributed by atoms with van der Waals surface area (Å²) in [6.07, 6.45) is -4.36. The Labute approximate surface area is 118 Å². The van der Waals surface area contributed by atoms with Crippen LogP contribution in [-0.2, 0) is 12.7 Å². The third-order valence-electron chi connectivity index (χ3n) is 2.84. The van der Waals surface area contributed by atoms with Crippen molar-refractivity contribution in [2.75, 3.05) is 7.05 Å². The van der Waals surface area contributed by atoms with E-state index in [0.717, 1.165) is 12.1 Å². The molecule has 8 heteroatoms. The summed E-state index contributed by atoms with van der Waals surface area (Å²) in [5.74, 6) is 0.141. The predicted octanol–water partition coefficient (Wildman–Crippen LogP) is 2.40. The highest BCUT2D eigenvalue weighted by Gasteiger charge is 2.30. The van der Waals surface area contributed by atoms with Crippen molar-refractivity contribution < 1.29 is 18.0 Å². The minimum absolute atomic E-state index is 0.0295. The number of benzene rings is 1. The van der Waals surface area contributed by atoms with E-state index in [4.69, 9.17) is 0 Å². The number of nitrogens with zero attached hydrogens (tertiary/aromatic N) is 3. The smallest absolute Gasteiger partial charge is 0.335 e. The van der Waals surface area contributed by atoms with Crippen molar-refractivity contribution in [1.29, 1.82) is 0 Å². The monoisotopic (exact) mass is 298 g/mol. The molecule has 2 rings (SSSR count). The van der Waals surface area contributed by atoms with Crippen LogP contribution in [0.15, 0.2) is 24.3 Å². The third kappa shape index (κ3) is 3.59. The third-order valence-corrected chi connectivity index (χ3v) is 2.84. The first-order chi connectivity index (χ1) is 9.77. The van der Waals surface area contributed by atoms with Crippen molar-refractivity contribution in [2.45, 2.75) is 19.6 Å². The molecule has 0 spiro atoms. The van der Waals surface area contributed by atoms with Gasteiger partial charge in [-0.3, -0.25) is 9.89 Å². The highest BCUT2D eigenvalue weighted by molar-refractivity contribution is 5.90. The highest BCUT2D eigenvalue weighted by Crippen LogP contribution is 2.29. The number of rotatable bonds is 3. The van der Waals surface area contributed by atoms with Gasteiger partial charge in [0.05, 0.1) is 5.56 Å². The summed E-state index contributed by atoms with van der Waals surface area (Å²) in [5, 5.41) is 6.31. The van der Waals surface area contributed by atoms with E-state index in [0.29, 0.717) is 11.4 Å². The number of aromatic nitrogens is 3. The van der Waals surface area contributed by atoms with Crippen molar-refractivity contribution in [3.8, 4) is 0 Å². The number of hydrogen-bond acceptors (Lipinski definition) is 3. The molecule has 0 saturated carbocycles. The fourth-order valence-corrected chi connectivity index (χ4v) is 1.75. The molecule has 0 saturated heterocycles. The van der Waals surface area contributed by atoms with E-state index in [1.54, 1.807) is 6.92 Å². The molecular weight excluding hydrogens is 285 g/mol. The summed E-state index contributed by atoms with van der Waals surface area (Å²) in [4.78, 5) is 17.2. The molecule has 5 nitrogen and oxygen atoms in total. The van der Waals surface area contributed by atoms with Crippen LogP contribution in [0.25, 0.3) is 0 Å². The minimum atomic E-state index is -4.36. The van der Waals surface area contributed by atoms with Crippen LogP contribution in [0.3, 0.4) is 0 Å². The molecule has 0 fully saturated rings. The van der Waals surface area contributed by atoms with Crippen LogP contribution in [-0.4, -0.2) is 33.0 Å². The average Bonchev–Trinajstić information content (AvgIpc) is 2.84. The lowest BCUT2D eigenvalue weighted by molar-refractivity contribution is -0.137. The molecule has 0 aliphatic heterocycles. The zero-order valence-corrected chi connectivity index (χ0v) is 11.4. The van der Waals surface area contributed by atoms with Gasteiger partial charge in [0.2, 0.25) is 5.82 Å². The summed E-state index contributed by atoms with van der Waals surface area (Å²) in [6.45, 7) is 1.84. The first-order valence-electron chi connectivity index (χ1n) is 6.08. The molecule has 0 radical (unpaired) electrons. The average molecular weight is 298 g/mol. The molecule has 1 amide bonds. The van der Waals surface area contributed by atoms with Crippen LogP contribution >= 0.6 is 0 Å². The van der Waals surface area contributed by atoms with Crippen LogP contribution in [0.4, 0.5) is 13.2 Å². The van der Waals surface area contributed by atoms with Crippen molar-refractivity contribution in [2.24, 2.45) is 0 Å². The second kappa shape index (κ2) is 5.55. The number of hydrogen-bond donors (Lipinski definition) is 1. The molecule has 112 valence electrons. The van der Waals surface area contributed by atoms with E-state index in [2.05, 4.69) is 15.2 Å². The van der Waals surface area contributed by atoms with Crippen LogP contribution in [0.2, 0.25) is 0 Å². The first kappa shape index (κ1) is 15.0. The number of H-pyrrole nitrogens is 1. The van der Waals surface area contributed by atoms with Gasteiger partial charge in [0.1, 0.15) is 5.82 Å². The fraction of sp³-hybridized carbons (Fsp3) is 0.308. The van der Waals surface area contributed by atoms with E-state index in [-0.39, 0.29) is 12.4 Å². The normalized spacial score (nSPS) is 11.5. The molecule has 1 N–H and O–H groups in total. The van der Waals surface area contributed by atoms with Crippen molar-refractivity contribution in [3.63, 3.8) is 0 Å². The van der Waals surface area contributed by atoms with Crippen LogP contribution in [0.5, 0.6) is 0 Å². The molecule has 0 aliphatic rings. The van der Waals surface area contributed by atoms with Crippen molar-refractivity contribution in [1.82, 2.24) is 20.1 Å². The lowest BCUT2D eigenvalue weighted by Gasteiger charge is -2.16. The second-order valence-corrected chi connectivity index (χ2v) is 4.60. The Morgan fingerprint density at radius 2 is 1.90 bits per heavy atom. The number of aromatic amines is 1. The topological polar surface area (TPSA) is 61.9 Å². The lowest BCUT2D eigenvalue weighted by atomic mass is 10.1. The number of amides is 1. The van der Waals surface area contributed by atoms with E-state index >= 15 is 0 Å². The SMILES string of the molecule is Cc1nc(C(=O)N(C)Cc2ccc(C(F)(F)F)cc2)n[nH]1. The second-order valence-electron chi connectivity index (χ2n) is 4.60. The number of carbonyl (C=O) groups excluding carboxylic acids is 1. The van der Waals surface area contributed by atoms with Gasteiger partial charge in [0.15, 0.2) is 0 Å². The summed E-state index contributed by atoms with van der Waals surface area (Å²) < 4.78 is 37.3. The fourth-order valence-electron chi connectivity index (χ4n) is 1.75. The first-order valence-corrected chi connectivity index (χ1v) is 6.08. The molecule has 1 heterocycles. The molecule has 0 bridgehead atoms. The molecule has 0 aliphatic carbocycles. The van der Waals surface area contributed by atoms with Gasteiger partial charge in [-0.15, -0.1) is 5.10 Å². The van der Waals surface area contributed by atoms with Crippen LogP contribution in [0, 0.1) is 6.92 Å². The summed E-state index contributed by atoms with van der Waals surface area (Å²) in [5.41, 5.74) is -0.129. The molecular formula is C13H13F3N4O. The van der Waals surface area contributed by atoms with Gasteiger partial charge in [-0.2, -0.15) is 13.2 Å². The zero-order chi connectivity index (χ0) is 15.6. The van der Waals surface area contributed by atoms with Gasteiger partial charge in [-0.05, 0) is 24.6 Å². The lowest BCUT2D eigenvalue weighted by Crippen LogP contribution is -2.27. The van der Waals surface area contributed by atoms with Gasteiger partial charge in [-0.25, -0.2) is 4.98 Å². The Morgan fingerprint density at radius 1 is 1.29 bits per heavy atom. The molecule has 2 aromatic rings. The number of nitrogens with one attached hydrogen (secondary N) is 1. The van der Waals surface area contributed by atoms with Crippen LogP contribution in [0.1, 0.15) is 27.6 Å². The largest absolute Gasteiger partial charge is 0.416 e. The van der Waals surface area contributed by atoms with Gasteiger partial charge < -0.3 is 4.90 Å². The predicted molar refractivity (Wildman–Crippen MR) is 68.4 cm³/mol. The maximum Gasteiger partial charge on any atom is 0.416 e. The Morgan fingerprint density at radius 3 is 2.38 bits per heavy atom. The van der Waals surface area contributed by atoms with Gasteiger partial charge in [-0.1, -0.05) is 12.1 Å². The van der Waals surface area contributed by atoms with Gasteiger partial charge in [0.25, 0.3) is 5.91 Å². The highest BCUT2D eigenvalue weighted by atomic mass is 19.4. The molecule has 1 aromatic heterocycles. The molecule has 0 unspecified atom stereocenters. The number of alkyl halides is 3. The van der Waals surface area contributed by atoms with E-state index in [1.807, 2.05) is 0 Å². The van der Waals surface area contributed by atoms with Gasteiger partial charge >= 0.3 is 6.18 Å². The van der Waals surface area contributed by atoms with E-state index in [9.17, 15) is 18.0 Å². The maximum atomic E-state index is 12.4. The standard InChI is InChI=1S/C13H13F3N4O/c1-8-17-11(19-18-8)12(21)20(2)7-9-3-5-10(6-4-9)13(14,15)16/h3-6H,7H2,1-2H3,(H,17,18,19). The van der Waals surface area contributed by atoms with Crippen molar-refractivity contribution in [3.05, 3.63) is 47.0 Å². The number of aryl methyl sites for hydroxylation is 1. The summed E-state index contributed by atoms with van der Waals surface area (Å²) in [6, 6.07) is 4.67. The van der Waals surface area contributed by atoms with Gasteiger partial charge in [0, 0.05) is 13.6 Å². The maximum absolute atomic E-state index is 12.4. The number of halogens is 3. The molecule has 21 heavy (non-hydrogen) atoms. The summed E-state index contributed by atoms with van der Waals surface area (Å²) >= 11 is 0. The Bertz CT molecular complexity index is 634. The van der Waals surface area contributed by atoms with Crippen LogP contribution < -0.4 is 0 Å².